The molecule has 0 bridgehead atoms. The third kappa shape index (κ3) is 3.34. The molecule has 0 aliphatic carbocycles. The van der Waals surface area contributed by atoms with Gasteiger partial charge in [0.1, 0.15) is 6.61 Å². The molecule has 2 N–H and O–H groups in total. The maximum atomic E-state index is 12.0. The van der Waals surface area contributed by atoms with Crippen molar-refractivity contribution in [2.24, 2.45) is 0 Å². The third-order valence-electron chi connectivity index (χ3n) is 2.39. The van der Waals surface area contributed by atoms with Gasteiger partial charge in [0.25, 0.3) is 5.91 Å². The first-order valence-electron chi connectivity index (χ1n) is 5.55. The Bertz CT molecular complexity index is 698. The predicted octanol–water partition coefficient (Wildman–Crippen LogP) is 3.18. The Kier molecular flexibility index (Phi) is 4.70. The number of amides is 1. The van der Waals surface area contributed by atoms with Crippen molar-refractivity contribution in [3.63, 3.8) is 0 Å². The first-order chi connectivity index (χ1) is 9.61. The van der Waals surface area contributed by atoms with Crippen LogP contribution in [-0.2, 0) is 0 Å². The number of aliphatic hydroxyl groups is 1. The van der Waals surface area contributed by atoms with Gasteiger partial charge >= 0.3 is 0 Å². The van der Waals surface area contributed by atoms with Crippen molar-refractivity contribution in [3.8, 4) is 11.8 Å². The molecule has 1 heterocycles. The first kappa shape index (κ1) is 14.5. The van der Waals surface area contributed by atoms with Crippen LogP contribution in [0.4, 0.5) is 5.69 Å². The number of carbonyl (C=O) groups is 1. The highest BCUT2D eigenvalue weighted by molar-refractivity contribution is 6.35. The highest BCUT2D eigenvalue weighted by Crippen LogP contribution is 2.25. The van der Waals surface area contributed by atoms with Crippen LogP contribution in [0.2, 0.25) is 10.2 Å². The number of hydrogen-bond acceptors (Lipinski definition) is 3. The quantitative estimate of drug-likeness (QED) is 0.837. The molecule has 0 aliphatic heterocycles. The van der Waals surface area contributed by atoms with E-state index in [9.17, 15) is 4.79 Å². The lowest BCUT2D eigenvalue weighted by Crippen LogP contribution is -2.11. The predicted molar refractivity (Wildman–Crippen MR) is 77.1 cm³/mol. The highest BCUT2D eigenvalue weighted by Gasteiger charge is 2.14. The Morgan fingerprint density at radius 1 is 1.35 bits per heavy atom. The summed E-state index contributed by atoms with van der Waals surface area (Å²) in [5.41, 5.74) is 1.24. The molecule has 2 rings (SSSR count). The summed E-state index contributed by atoms with van der Waals surface area (Å²) in [4.78, 5) is 12.0. The van der Waals surface area contributed by atoms with Crippen molar-refractivity contribution in [1.82, 2.24) is 0 Å². The van der Waals surface area contributed by atoms with E-state index in [0.717, 1.165) is 0 Å². The lowest BCUT2D eigenvalue weighted by atomic mass is 10.2. The fourth-order valence-electron chi connectivity index (χ4n) is 1.49. The summed E-state index contributed by atoms with van der Waals surface area (Å²) in [6.07, 6.45) is 1.32. The molecule has 6 heteroatoms. The Balaban J connectivity index is 2.25. The molecule has 0 atom stereocenters. The molecule has 20 heavy (non-hydrogen) atoms. The molecule has 0 saturated heterocycles. The van der Waals surface area contributed by atoms with Crippen molar-refractivity contribution >= 4 is 34.8 Å². The normalized spacial score (nSPS) is 9.75. The average Bonchev–Trinajstić information content (AvgIpc) is 2.86. The highest BCUT2D eigenvalue weighted by atomic mass is 35.5. The van der Waals surface area contributed by atoms with E-state index in [1.165, 1.54) is 12.3 Å². The van der Waals surface area contributed by atoms with E-state index in [0.29, 0.717) is 16.3 Å². The molecule has 1 aromatic carbocycles. The zero-order chi connectivity index (χ0) is 14.5. The molecule has 0 aliphatic rings. The minimum atomic E-state index is -0.432. The van der Waals surface area contributed by atoms with Crippen molar-refractivity contribution in [1.29, 1.82) is 0 Å². The second-order valence-corrected chi connectivity index (χ2v) is 4.47. The van der Waals surface area contributed by atoms with E-state index in [-0.39, 0.29) is 17.4 Å². The van der Waals surface area contributed by atoms with Crippen molar-refractivity contribution in [2.45, 2.75) is 0 Å². The molecule has 2 aromatic rings. The molecule has 4 nitrogen and oxygen atoms in total. The van der Waals surface area contributed by atoms with Crippen LogP contribution < -0.4 is 5.32 Å². The molecule has 0 unspecified atom stereocenters. The number of furan rings is 1. The van der Waals surface area contributed by atoms with Crippen LogP contribution in [0, 0.1) is 11.8 Å². The molecule has 0 radical (unpaired) electrons. The van der Waals surface area contributed by atoms with Crippen molar-refractivity contribution in [3.05, 3.63) is 51.9 Å². The Hall–Kier alpha value is -1.93. The van der Waals surface area contributed by atoms with Crippen LogP contribution in [0.3, 0.4) is 0 Å². The van der Waals surface area contributed by atoms with E-state index >= 15 is 0 Å². The van der Waals surface area contributed by atoms with Gasteiger partial charge in [0, 0.05) is 5.56 Å². The van der Waals surface area contributed by atoms with Gasteiger partial charge in [0.2, 0.25) is 5.22 Å². The van der Waals surface area contributed by atoms with Crippen LogP contribution in [-0.4, -0.2) is 17.6 Å². The van der Waals surface area contributed by atoms with Crippen LogP contribution in [0.15, 0.2) is 34.9 Å². The molecule has 0 fully saturated rings. The molecule has 0 spiro atoms. The van der Waals surface area contributed by atoms with Gasteiger partial charge in [-0.1, -0.05) is 23.4 Å². The second-order valence-electron chi connectivity index (χ2n) is 3.72. The fourth-order valence-corrected chi connectivity index (χ4v) is 1.85. The van der Waals surface area contributed by atoms with Crippen molar-refractivity contribution in [2.75, 3.05) is 11.9 Å². The zero-order valence-electron chi connectivity index (χ0n) is 10.1. The minimum Gasteiger partial charge on any atom is -0.452 e. The number of benzene rings is 1. The van der Waals surface area contributed by atoms with E-state index in [2.05, 4.69) is 17.2 Å². The molecular weight excluding hydrogens is 301 g/mol. The smallest absolute Gasteiger partial charge is 0.260 e. The third-order valence-corrected chi connectivity index (χ3v) is 3.01. The summed E-state index contributed by atoms with van der Waals surface area (Å²) in [5, 5.41) is 11.7. The Morgan fingerprint density at radius 3 is 2.80 bits per heavy atom. The molecule has 1 aromatic heterocycles. The van der Waals surface area contributed by atoms with Crippen LogP contribution in [0.1, 0.15) is 15.9 Å². The van der Waals surface area contributed by atoms with Crippen LogP contribution >= 0.6 is 23.2 Å². The monoisotopic (exact) mass is 309 g/mol. The number of hydrogen-bond donors (Lipinski definition) is 2. The first-order valence-corrected chi connectivity index (χ1v) is 6.31. The summed E-state index contributed by atoms with van der Waals surface area (Å²) in [6.45, 7) is -0.241. The van der Waals surface area contributed by atoms with Gasteiger partial charge in [0.15, 0.2) is 0 Å². The van der Waals surface area contributed by atoms with Crippen LogP contribution in [0.25, 0.3) is 0 Å². The Labute approximate surface area is 125 Å². The largest absolute Gasteiger partial charge is 0.452 e. The van der Waals surface area contributed by atoms with E-state index in [1.54, 1.807) is 18.2 Å². The standard InChI is InChI=1S/C14H9Cl2NO3/c15-11-4-3-9(2-1-6-18)8-12(11)17-14(19)10-5-7-20-13(10)16/h3-5,7-8,18H,6H2,(H,17,19). The zero-order valence-corrected chi connectivity index (χ0v) is 11.6. The summed E-state index contributed by atoms with van der Waals surface area (Å²) in [5.74, 6) is 4.81. The van der Waals surface area contributed by atoms with Gasteiger partial charge in [-0.3, -0.25) is 4.79 Å². The van der Waals surface area contributed by atoms with Crippen LogP contribution in [0.5, 0.6) is 0 Å². The number of anilines is 1. The number of nitrogens with one attached hydrogen (secondary N) is 1. The van der Waals surface area contributed by atoms with Gasteiger partial charge in [-0.15, -0.1) is 0 Å². The number of rotatable bonds is 2. The Morgan fingerprint density at radius 2 is 2.15 bits per heavy atom. The van der Waals surface area contributed by atoms with Gasteiger partial charge in [0.05, 0.1) is 22.5 Å². The maximum Gasteiger partial charge on any atom is 0.260 e. The molecule has 0 saturated carbocycles. The van der Waals surface area contributed by atoms with Gasteiger partial charge < -0.3 is 14.8 Å². The molecule has 1 amide bonds. The SMILES string of the molecule is O=C(Nc1cc(C#CCO)ccc1Cl)c1ccoc1Cl. The lowest BCUT2D eigenvalue weighted by molar-refractivity contribution is 0.102. The van der Waals surface area contributed by atoms with E-state index < -0.39 is 5.91 Å². The van der Waals surface area contributed by atoms with Gasteiger partial charge in [-0.05, 0) is 35.9 Å². The summed E-state index contributed by atoms with van der Waals surface area (Å²) >= 11 is 11.7. The van der Waals surface area contributed by atoms with E-state index in [4.69, 9.17) is 32.7 Å². The average molecular weight is 310 g/mol. The number of halogens is 2. The molecular formula is C14H9Cl2NO3. The summed E-state index contributed by atoms with van der Waals surface area (Å²) < 4.78 is 4.85. The molecule has 102 valence electrons. The maximum absolute atomic E-state index is 12.0. The lowest BCUT2D eigenvalue weighted by Gasteiger charge is -2.06. The second kappa shape index (κ2) is 6.49. The van der Waals surface area contributed by atoms with Gasteiger partial charge in [-0.25, -0.2) is 0 Å². The minimum absolute atomic E-state index is 0.00912. The number of aliphatic hydroxyl groups excluding tert-OH is 1. The van der Waals surface area contributed by atoms with Crippen molar-refractivity contribution < 1.29 is 14.3 Å². The van der Waals surface area contributed by atoms with Gasteiger partial charge in [-0.2, -0.15) is 0 Å². The number of carbonyl (C=O) groups excluding carboxylic acids is 1. The summed E-state index contributed by atoms with van der Waals surface area (Å²) in [6, 6.07) is 6.36. The van der Waals surface area contributed by atoms with E-state index in [1.807, 2.05) is 0 Å². The topological polar surface area (TPSA) is 62.5 Å². The fraction of sp³-hybridized carbons (Fsp3) is 0.0714. The summed E-state index contributed by atoms with van der Waals surface area (Å²) in [7, 11) is 0.